The second-order valence-electron chi connectivity index (χ2n) is 8.47. The summed E-state index contributed by atoms with van der Waals surface area (Å²) >= 11 is 0. The van der Waals surface area contributed by atoms with Crippen LogP contribution in [0.2, 0.25) is 0 Å². The molecule has 3 rings (SSSR count). The van der Waals surface area contributed by atoms with Crippen molar-refractivity contribution in [1.29, 1.82) is 0 Å². The fourth-order valence-electron chi connectivity index (χ4n) is 4.16. The van der Waals surface area contributed by atoms with Crippen molar-refractivity contribution < 1.29 is 23.9 Å². The van der Waals surface area contributed by atoms with Crippen molar-refractivity contribution in [3.8, 4) is 0 Å². The molecule has 0 unspecified atom stereocenters. The summed E-state index contributed by atoms with van der Waals surface area (Å²) < 4.78 is 5.20. The van der Waals surface area contributed by atoms with Crippen molar-refractivity contribution in [1.82, 2.24) is 4.90 Å². The van der Waals surface area contributed by atoms with E-state index in [1.807, 2.05) is 24.3 Å². The van der Waals surface area contributed by atoms with Crippen molar-refractivity contribution >= 4 is 29.4 Å². The van der Waals surface area contributed by atoms with E-state index in [9.17, 15) is 19.2 Å². The van der Waals surface area contributed by atoms with Crippen LogP contribution in [-0.2, 0) is 23.9 Å². The number of carbonyl (C=O) groups excluding carboxylic acids is 4. The number of ether oxygens (including phenoxy) is 1. The molecule has 3 atom stereocenters. The summed E-state index contributed by atoms with van der Waals surface area (Å²) in [5.74, 6) is -1.44. The number of fused-ring (bicyclic) bond motifs is 1. The summed E-state index contributed by atoms with van der Waals surface area (Å²) in [6.45, 7) is 5.68. The average Bonchev–Trinajstić information content (AvgIpc) is 2.97. The average molecular weight is 415 g/mol. The number of hydrogen-bond donors (Lipinski definition) is 1. The topological polar surface area (TPSA) is 92.8 Å². The summed E-state index contributed by atoms with van der Waals surface area (Å²) in [6.07, 6.45) is 2.32. The zero-order valence-corrected chi connectivity index (χ0v) is 17.8. The van der Waals surface area contributed by atoms with E-state index < -0.39 is 18.0 Å². The maximum Gasteiger partial charge on any atom is 0.308 e. The van der Waals surface area contributed by atoms with Gasteiger partial charge in [0.2, 0.25) is 11.8 Å². The molecule has 0 aromatic heterocycles. The maximum atomic E-state index is 12.5. The minimum atomic E-state index is -0.977. The molecule has 1 aliphatic carbocycles. The van der Waals surface area contributed by atoms with Gasteiger partial charge in [-0.05, 0) is 43.4 Å². The van der Waals surface area contributed by atoms with Crippen molar-refractivity contribution in [2.75, 3.05) is 11.9 Å². The molecule has 1 saturated carbocycles. The molecule has 1 aromatic rings. The number of nitrogens with zero attached hydrogens (tertiary/aromatic N) is 1. The predicted molar refractivity (Wildman–Crippen MR) is 111 cm³/mol. The van der Waals surface area contributed by atoms with Gasteiger partial charge < -0.3 is 10.1 Å². The van der Waals surface area contributed by atoms with Crippen LogP contribution in [0.15, 0.2) is 24.3 Å². The minimum absolute atomic E-state index is 0.00844. The molecule has 3 amide bonds. The third-order valence-electron chi connectivity index (χ3n) is 5.99. The van der Waals surface area contributed by atoms with Crippen LogP contribution in [0.25, 0.3) is 0 Å². The highest BCUT2D eigenvalue weighted by molar-refractivity contribution is 6.05. The SMILES string of the molecule is CC(C)c1ccc(NC(=O)[C@H](C)OC(=O)CCN2C(=O)[C@H]3CCCC[C@H]3C2=O)cc1. The van der Waals surface area contributed by atoms with Crippen LogP contribution in [0.5, 0.6) is 0 Å². The van der Waals surface area contributed by atoms with Crippen molar-refractivity contribution in [3.05, 3.63) is 29.8 Å². The highest BCUT2D eigenvalue weighted by atomic mass is 16.5. The highest BCUT2D eigenvalue weighted by Gasteiger charge is 2.47. The third-order valence-corrected chi connectivity index (χ3v) is 5.99. The van der Waals surface area contributed by atoms with Crippen molar-refractivity contribution in [2.24, 2.45) is 11.8 Å². The maximum absolute atomic E-state index is 12.5. The Morgan fingerprint density at radius 2 is 1.60 bits per heavy atom. The lowest BCUT2D eigenvalue weighted by atomic mass is 9.81. The molecule has 7 heteroatoms. The molecule has 1 heterocycles. The lowest BCUT2D eigenvalue weighted by Crippen LogP contribution is -2.35. The Kier molecular flexibility index (Phi) is 6.90. The predicted octanol–water partition coefficient (Wildman–Crippen LogP) is 3.25. The highest BCUT2D eigenvalue weighted by Crippen LogP contribution is 2.38. The van der Waals surface area contributed by atoms with E-state index in [1.165, 1.54) is 17.4 Å². The molecule has 1 saturated heterocycles. The quantitative estimate of drug-likeness (QED) is 0.546. The molecule has 2 aliphatic rings. The number of rotatable bonds is 7. The number of imide groups is 1. The Balaban J connectivity index is 1.46. The fourth-order valence-corrected chi connectivity index (χ4v) is 4.16. The van der Waals surface area contributed by atoms with E-state index in [-0.39, 0.29) is 36.6 Å². The zero-order chi connectivity index (χ0) is 21.8. The molecule has 1 aromatic carbocycles. The number of amides is 3. The molecular formula is C23H30N2O5. The van der Waals surface area contributed by atoms with Gasteiger partial charge in [0.25, 0.3) is 5.91 Å². The Hall–Kier alpha value is -2.70. The Bertz CT molecular complexity index is 793. The molecule has 0 radical (unpaired) electrons. The van der Waals surface area contributed by atoms with Crippen LogP contribution < -0.4 is 5.32 Å². The lowest BCUT2D eigenvalue weighted by Gasteiger charge is -2.19. The lowest BCUT2D eigenvalue weighted by molar-refractivity contribution is -0.154. The summed E-state index contributed by atoms with van der Waals surface area (Å²) in [5, 5.41) is 2.72. The molecule has 7 nitrogen and oxygen atoms in total. The number of anilines is 1. The van der Waals surface area contributed by atoms with E-state index in [2.05, 4.69) is 19.2 Å². The summed E-state index contributed by atoms with van der Waals surface area (Å²) in [5.41, 5.74) is 1.79. The van der Waals surface area contributed by atoms with Crippen LogP contribution in [0.4, 0.5) is 5.69 Å². The van der Waals surface area contributed by atoms with Gasteiger partial charge in [-0.1, -0.05) is 38.8 Å². The van der Waals surface area contributed by atoms with Crippen LogP contribution in [0.1, 0.15) is 64.4 Å². The molecule has 1 N–H and O–H groups in total. The molecule has 30 heavy (non-hydrogen) atoms. The van der Waals surface area contributed by atoms with Crippen LogP contribution >= 0.6 is 0 Å². The molecular weight excluding hydrogens is 384 g/mol. The van der Waals surface area contributed by atoms with Gasteiger partial charge in [-0.25, -0.2) is 0 Å². The number of hydrogen-bond acceptors (Lipinski definition) is 5. The van der Waals surface area contributed by atoms with Gasteiger partial charge in [0.15, 0.2) is 6.10 Å². The Morgan fingerprint density at radius 1 is 1.03 bits per heavy atom. The number of carbonyl (C=O) groups is 4. The van der Waals surface area contributed by atoms with Crippen LogP contribution in [-0.4, -0.2) is 41.2 Å². The van der Waals surface area contributed by atoms with Gasteiger partial charge in [-0.2, -0.15) is 0 Å². The largest absolute Gasteiger partial charge is 0.452 e. The standard InChI is InChI=1S/C23H30N2O5/c1-14(2)16-8-10-17(11-9-16)24-21(27)15(3)30-20(26)12-13-25-22(28)18-6-4-5-7-19(18)23(25)29/h8-11,14-15,18-19H,4-7,12-13H2,1-3H3,(H,24,27)/t15-,18-,19+/m0/s1. The summed E-state index contributed by atoms with van der Waals surface area (Å²) in [7, 11) is 0. The molecule has 0 spiro atoms. The van der Waals surface area contributed by atoms with E-state index in [1.54, 1.807) is 0 Å². The van der Waals surface area contributed by atoms with Gasteiger partial charge in [0.1, 0.15) is 0 Å². The monoisotopic (exact) mass is 414 g/mol. The van der Waals surface area contributed by atoms with Gasteiger partial charge in [0, 0.05) is 12.2 Å². The Morgan fingerprint density at radius 3 is 2.13 bits per heavy atom. The third kappa shape index (κ3) is 4.89. The van der Waals surface area contributed by atoms with E-state index >= 15 is 0 Å². The number of benzene rings is 1. The number of nitrogens with one attached hydrogen (secondary N) is 1. The van der Waals surface area contributed by atoms with Crippen molar-refractivity contribution in [2.45, 2.75) is 64.9 Å². The van der Waals surface area contributed by atoms with E-state index in [4.69, 9.17) is 4.74 Å². The van der Waals surface area contributed by atoms with Gasteiger partial charge >= 0.3 is 5.97 Å². The Labute approximate surface area is 177 Å². The summed E-state index contributed by atoms with van der Waals surface area (Å²) in [4.78, 5) is 50.6. The van der Waals surface area contributed by atoms with Crippen molar-refractivity contribution in [3.63, 3.8) is 0 Å². The minimum Gasteiger partial charge on any atom is -0.452 e. The normalized spacial score (nSPS) is 22.1. The second kappa shape index (κ2) is 9.41. The molecule has 162 valence electrons. The van der Waals surface area contributed by atoms with Gasteiger partial charge in [-0.15, -0.1) is 0 Å². The first-order chi connectivity index (χ1) is 14.3. The first kappa shape index (κ1) is 22.0. The number of likely N-dealkylation sites (tertiary alicyclic amines) is 1. The first-order valence-corrected chi connectivity index (χ1v) is 10.7. The first-order valence-electron chi connectivity index (χ1n) is 10.7. The fraction of sp³-hybridized carbons (Fsp3) is 0.565. The molecule has 0 bridgehead atoms. The van der Waals surface area contributed by atoms with Gasteiger partial charge in [-0.3, -0.25) is 24.1 Å². The number of esters is 1. The van der Waals surface area contributed by atoms with E-state index in [0.717, 1.165) is 25.7 Å². The van der Waals surface area contributed by atoms with Gasteiger partial charge in [0.05, 0.1) is 18.3 Å². The van der Waals surface area contributed by atoms with Crippen LogP contribution in [0, 0.1) is 11.8 Å². The second-order valence-corrected chi connectivity index (χ2v) is 8.47. The smallest absolute Gasteiger partial charge is 0.308 e. The zero-order valence-electron chi connectivity index (χ0n) is 17.8. The van der Waals surface area contributed by atoms with Crippen LogP contribution in [0.3, 0.4) is 0 Å². The van der Waals surface area contributed by atoms with E-state index in [0.29, 0.717) is 11.6 Å². The molecule has 1 aliphatic heterocycles. The summed E-state index contributed by atoms with van der Waals surface area (Å²) in [6, 6.07) is 7.51. The molecule has 2 fully saturated rings.